The van der Waals surface area contributed by atoms with Crippen LogP contribution in [0.4, 0.5) is 0 Å². The highest BCUT2D eigenvalue weighted by atomic mass is 14.9. The van der Waals surface area contributed by atoms with E-state index in [1.807, 2.05) is 0 Å². The van der Waals surface area contributed by atoms with Gasteiger partial charge >= 0.3 is 0 Å². The van der Waals surface area contributed by atoms with Crippen LogP contribution in [0.2, 0.25) is 0 Å². The SMILES string of the molecule is CCCCC(NCC)c1cccc(C2CCC2)c1. The Labute approximate surface area is 112 Å². The third-order valence-corrected chi connectivity index (χ3v) is 4.19. The lowest BCUT2D eigenvalue weighted by atomic mass is 9.79. The zero-order chi connectivity index (χ0) is 12.8. The van der Waals surface area contributed by atoms with Gasteiger partial charge in [0.1, 0.15) is 0 Å². The monoisotopic (exact) mass is 245 g/mol. The molecule has 0 aromatic heterocycles. The predicted molar refractivity (Wildman–Crippen MR) is 79.0 cm³/mol. The Morgan fingerprint density at radius 2 is 2.11 bits per heavy atom. The van der Waals surface area contributed by atoms with Crippen LogP contribution in [0.15, 0.2) is 24.3 Å². The molecule has 1 N–H and O–H groups in total. The molecule has 0 bridgehead atoms. The van der Waals surface area contributed by atoms with Gasteiger partial charge in [0.25, 0.3) is 0 Å². The molecule has 1 aromatic rings. The summed E-state index contributed by atoms with van der Waals surface area (Å²) < 4.78 is 0. The normalized spacial score (nSPS) is 17.4. The van der Waals surface area contributed by atoms with Gasteiger partial charge in [-0.05, 0) is 42.9 Å². The number of rotatable bonds is 7. The molecule has 0 spiro atoms. The molecular weight excluding hydrogens is 218 g/mol. The third kappa shape index (κ3) is 3.35. The molecule has 1 heteroatoms. The highest BCUT2D eigenvalue weighted by molar-refractivity contribution is 5.29. The molecule has 0 radical (unpaired) electrons. The van der Waals surface area contributed by atoms with Crippen LogP contribution in [0.1, 0.15) is 75.5 Å². The molecule has 100 valence electrons. The van der Waals surface area contributed by atoms with Crippen molar-refractivity contribution in [3.05, 3.63) is 35.4 Å². The summed E-state index contributed by atoms with van der Waals surface area (Å²) in [5.74, 6) is 0.846. The number of benzene rings is 1. The van der Waals surface area contributed by atoms with Crippen LogP contribution in [0.3, 0.4) is 0 Å². The fourth-order valence-electron chi connectivity index (χ4n) is 2.81. The fourth-order valence-corrected chi connectivity index (χ4v) is 2.81. The molecule has 1 aliphatic rings. The minimum absolute atomic E-state index is 0.551. The molecule has 18 heavy (non-hydrogen) atoms. The number of hydrogen-bond donors (Lipinski definition) is 1. The van der Waals surface area contributed by atoms with Gasteiger partial charge in [-0.25, -0.2) is 0 Å². The summed E-state index contributed by atoms with van der Waals surface area (Å²) >= 11 is 0. The van der Waals surface area contributed by atoms with Gasteiger partial charge in [-0.3, -0.25) is 0 Å². The van der Waals surface area contributed by atoms with Crippen molar-refractivity contribution in [1.29, 1.82) is 0 Å². The second-order valence-electron chi connectivity index (χ2n) is 5.55. The molecule has 1 atom stereocenters. The van der Waals surface area contributed by atoms with Crippen molar-refractivity contribution < 1.29 is 0 Å². The van der Waals surface area contributed by atoms with Gasteiger partial charge in [0.15, 0.2) is 0 Å². The van der Waals surface area contributed by atoms with Gasteiger partial charge in [0, 0.05) is 6.04 Å². The van der Waals surface area contributed by atoms with Gasteiger partial charge in [-0.2, -0.15) is 0 Å². The van der Waals surface area contributed by atoms with Gasteiger partial charge in [0.2, 0.25) is 0 Å². The molecule has 0 amide bonds. The van der Waals surface area contributed by atoms with E-state index >= 15 is 0 Å². The topological polar surface area (TPSA) is 12.0 Å². The van der Waals surface area contributed by atoms with Crippen molar-refractivity contribution in [3.8, 4) is 0 Å². The van der Waals surface area contributed by atoms with E-state index in [0.29, 0.717) is 6.04 Å². The Balaban J connectivity index is 2.07. The van der Waals surface area contributed by atoms with Crippen LogP contribution < -0.4 is 5.32 Å². The molecule has 2 rings (SSSR count). The van der Waals surface area contributed by atoms with Crippen molar-refractivity contribution in [2.45, 2.75) is 64.3 Å². The van der Waals surface area contributed by atoms with Gasteiger partial charge in [-0.1, -0.05) is 57.4 Å². The maximum absolute atomic E-state index is 3.64. The fraction of sp³-hybridized carbons (Fsp3) is 0.647. The smallest absolute Gasteiger partial charge is 0.0320 e. The second-order valence-corrected chi connectivity index (χ2v) is 5.55. The minimum atomic E-state index is 0.551. The first-order valence-electron chi connectivity index (χ1n) is 7.68. The molecular formula is C17H27N. The average molecular weight is 245 g/mol. The number of nitrogens with one attached hydrogen (secondary N) is 1. The summed E-state index contributed by atoms with van der Waals surface area (Å²) in [5.41, 5.74) is 3.06. The van der Waals surface area contributed by atoms with Crippen molar-refractivity contribution in [2.24, 2.45) is 0 Å². The quantitative estimate of drug-likeness (QED) is 0.728. The second kappa shape index (κ2) is 6.94. The van der Waals surface area contributed by atoms with E-state index in [4.69, 9.17) is 0 Å². The van der Waals surface area contributed by atoms with Crippen LogP contribution in [0, 0.1) is 0 Å². The van der Waals surface area contributed by atoms with E-state index in [0.717, 1.165) is 12.5 Å². The molecule has 0 saturated heterocycles. The van der Waals surface area contributed by atoms with Crippen LogP contribution in [-0.4, -0.2) is 6.54 Å². The van der Waals surface area contributed by atoms with Crippen molar-refractivity contribution in [1.82, 2.24) is 5.32 Å². The van der Waals surface area contributed by atoms with Crippen LogP contribution in [-0.2, 0) is 0 Å². The lowest BCUT2D eigenvalue weighted by Gasteiger charge is -2.27. The number of hydrogen-bond acceptors (Lipinski definition) is 1. The first-order chi connectivity index (χ1) is 8.85. The molecule has 1 unspecified atom stereocenters. The van der Waals surface area contributed by atoms with Gasteiger partial charge in [-0.15, -0.1) is 0 Å². The Morgan fingerprint density at radius 1 is 1.28 bits per heavy atom. The van der Waals surface area contributed by atoms with E-state index in [1.165, 1.54) is 44.1 Å². The largest absolute Gasteiger partial charge is 0.310 e. The first kappa shape index (κ1) is 13.6. The summed E-state index contributed by atoms with van der Waals surface area (Å²) in [6, 6.07) is 9.86. The molecule has 1 aliphatic carbocycles. The molecule has 1 nitrogen and oxygen atoms in total. The van der Waals surface area contributed by atoms with Gasteiger partial charge in [0.05, 0.1) is 0 Å². The highest BCUT2D eigenvalue weighted by Gasteiger charge is 2.20. The zero-order valence-corrected chi connectivity index (χ0v) is 11.9. The van der Waals surface area contributed by atoms with E-state index in [-0.39, 0.29) is 0 Å². The summed E-state index contributed by atoms with van der Waals surface area (Å²) in [6.07, 6.45) is 8.06. The minimum Gasteiger partial charge on any atom is -0.310 e. The van der Waals surface area contributed by atoms with Crippen LogP contribution >= 0.6 is 0 Å². The Hall–Kier alpha value is -0.820. The summed E-state index contributed by atoms with van der Waals surface area (Å²) in [6.45, 7) is 5.53. The molecule has 0 aliphatic heterocycles. The Kier molecular flexibility index (Phi) is 5.25. The number of unbranched alkanes of at least 4 members (excludes halogenated alkanes) is 1. The van der Waals surface area contributed by atoms with E-state index in [1.54, 1.807) is 5.56 Å². The zero-order valence-electron chi connectivity index (χ0n) is 11.9. The molecule has 1 fully saturated rings. The van der Waals surface area contributed by atoms with Crippen molar-refractivity contribution in [3.63, 3.8) is 0 Å². The van der Waals surface area contributed by atoms with Crippen molar-refractivity contribution >= 4 is 0 Å². The maximum atomic E-state index is 3.64. The van der Waals surface area contributed by atoms with Crippen LogP contribution in [0.25, 0.3) is 0 Å². The lowest BCUT2D eigenvalue weighted by molar-refractivity contribution is 0.418. The van der Waals surface area contributed by atoms with Gasteiger partial charge < -0.3 is 5.32 Å². The third-order valence-electron chi connectivity index (χ3n) is 4.19. The standard InChI is InChI=1S/C17H27N/c1-3-5-12-17(18-4-2)16-11-7-10-15(13-16)14-8-6-9-14/h7,10-11,13-14,17-18H,3-6,8-9,12H2,1-2H3. The van der Waals surface area contributed by atoms with E-state index in [2.05, 4.69) is 43.4 Å². The van der Waals surface area contributed by atoms with E-state index in [9.17, 15) is 0 Å². The summed E-state index contributed by atoms with van der Waals surface area (Å²) in [7, 11) is 0. The molecule has 1 saturated carbocycles. The molecule has 1 aromatic carbocycles. The molecule has 0 heterocycles. The first-order valence-corrected chi connectivity index (χ1v) is 7.68. The summed E-state index contributed by atoms with van der Waals surface area (Å²) in [5, 5.41) is 3.64. The predicted octanol–water partition coefficient (Wildman–Crippen LogP) is 4.79. The van der Waals surface area contributed by atoms with E-state index < -0.39 is 0 Å². The maximum Gasteiger partial charge on any atom is 0.0320 e. The Morgan fingerprint density at radius 3 is 2.72 bits per heavy atom. The van der Waals surface area contributed by atoms with Crippen molar-refractivity contribution in [2.75, 3.05) is 6.54 Å². The Bertz CT molecular complexity index is 354. The highest BCUT2D eigenvalue weighted by Crippen LogP contribution is 2.37. The summed E-state index contributed by atoms with van der Waals surface area (Å²) in [4.78, 5) is 0. The van der Waals surface area contributed by atoms with Crippen LogP contribution in [0.5, 0.6) is 0 Å². The average Bonchev–Trinajstić information content (AvgIpc) is 2.33. The lowest BCUT2D eigenvalue weighted by Crippen LogP contribution is -2.21.